The maximum absolute atomic E-state index is 12.5. The minimum absolute atomic E-state index is 0.0775. The van der Waals surface area contributed by atoms with Gasteiger partial charge in [-0.1, -0.05) is 45.6 Å². The fourth-order valence-electron chi connectivity index (χ4n) is 2.39. The molecule has 166 valence electrons. The predicted octanol–water partition coefficient (Wildman–Crippen LogP) is 5.64. The van der Waals surface area contributed by atoms with Crippen molar-refractivity contribution in [3.05, 3.63) is 35.9 Å². The van der Waals surface area contributed by atoms with E-state index in [1.807, 2.05) is 0 Å². The van der Waals surface area contributed by atoms with Gasteiger partial charge in [-0.2, -0.15) is 0 Å². The topological polar surface area (TPSA) is 78.9 Å². The molecular formula is C24H34O6. The van der Waals surface area contributed by atoms with E-state index < -0.39 is 23.3 Å². The lowest BCUT2D eigenvalue weighted by atomic mass is 9.97. The van der Waals surface area contributed by atoms with Gasteiger partial charge in [0.25, 0.3) is 0 Å². The molecule has 0 N–H and O–H groups in total. The fourth-order valence-corrected chi connectivity index (χ4v) is 2.39. The molecule has 0 heterocycles. The molecule has 1 aromatic carbocycles. The third-order valence-electron chi connectivity index (χ3n) is 4.23. The molecule has 1 aromatic rings. The average Bonchev–Trinajstić information content (AvgIpc) is 2.66. The lowest BCUT2D eigenvalue weighted by Gasteiger charge is -2.17. The van der Waals surface area contributed by atoms with Gasteiger partial charge in [0.2, 0.25) is 0 Å². The van der Waals surface area contributed by atoms with Crippen LogP contribution in [0.25, 0.3) is 0 Å². The molecule has 0 aromatic heterocycles. The summed E-state index contributed by atoms with van der Waals surface area (Å²) in [5.41, 5.74) is -0.382. The van der Waals surface area contributed by atoms with Crippen LogP contribution < -0.4 is 9.47 Å². The zero-order chi connectivity index (χ0) is 22.7. The third-order valence-corrected chi connectivity index (χ3v) is 4.23. The molecule has 30 heavy (non-hydrogen) atoms. The first-order valence-electron chi connectivity index (χ1n) is 10.5. The summed E-state index contributed by atoms with van der Waals surface area (Å²) in [5.74, 6) is -1.50. The van der Waals surface area contributed by atoms with Crippen molar-refractivity contribution in [2.75, 3.05) is 6.61 Å². The summed E-state index contributed by atoms with van der Waals surface area (Å²) in [6, 6.07) is 4.18. The van der Waals surface area contributed by atoms with E-state index in [4.69, 9.17) is 14.2 Å². The monoisotopic (exact) mass is 418 g/mol. The number of benzene rings is 1. The van der Waals surface area contributed by atoms with Gasteiger partial charge < -0.3 is 14.2 Å². The van der Waals surface area contributed by atoms with Gasteiger partial charge in [0.05, 0.1) is 17.6 Å². The van der Waals surface area contributed by atoms with Crippen LogP contribution in [0.3, 0.4) is 0 Å². The van der Waals surface area contributed by atoms with Crippen LogP contribution in [-0.4, -0.2) is 24.5 Å². The van der Waals surface area contributed by atoms with E-state index in [0.29, 0.717) is 6.61 Å². The molecule has 1 rings (SSSR count). The zero-order valence-electron chi connectivity index (χ0n) is 18.8. The van der Waals surface area contributed by atoms with Crippen LogP contribution in [0.1, 0.15) is 83.5 Å². The number of ether oxygens (including phenoxy) is 3. The van der Waals surface area contributed by atoms with Crippen molar-refractivity contribution in [3.63, 3.8) is 0 Å². The highest BCUT2D eigenvalue weighted by atomic mass is 16.6. The molecule has 0 unspecified atom stereocenters. The first-order chi connectivity index (χ1) is 14.0. The largest absolute Gasteiger partial charge is 0.462 e. The number of rotatable bonds is 11. The molecule has 0 saturated carbocycles. The van der Waals surface area contributed by atoms with Crippen LogP contribution in [0.15, 0.2) is 30.4 Å². The van der Waals surface area contributed by atoms with E-state index in [1.165, 1.54) is 44.4 Å². The van der Waals surface area contributed by atoms with Gasteiger partial charge in [-0.15, -0.1) is 0 Å². The fraction of sp³-hybridized carbons (Fsp3) is 0.542. The van der Waals surface area contributed by atoms with Crippen molar-refractivity contribution in [3.8, 4) is 11.5 Å². The summed E-state index contributed by atoms with van der Waals surface area (Å²) in [7, 11) is 0. The van der Waals surface area contributed by atoms with Gasteiger partial charge in [-0.3, -0.25) is 4.79 Å². The quantitative estimate of drug-likeness (QED) is 0.200. The second-order valence-electron chi connectivity index (χ2n) is 8.41. The van der Waals surface area contributed by atoms with Crippen molar-refractivity contribution in [2.24, 2.45) is 5.41 Å². The minimum Gasteiger partial charge on any atom is -0.462 e. The molecule has 0 saturated heterocycles. The molecule has 6 nitrogen and oxygen atoms in total. The van der Waals surface area contributed by atoms with Crippen molar-refractivity contribution >= 4 is 17.9 Å². The number of carbonyl (C=O) groups excluding carboxylic acids is 3. The lowest BCUT2D eigenvalue weighted by Crippen LogP contribution is -2.25. The van der Waals surface area contributed by atoms with Crippen LogP contribution in [-0.2, 0) is 14.3 Å². The molecule has 0 fully saturated rings. The summed E-state index contributed by atoms with van der Waals surface area (Å²) in [6.07, 6.45) is 6.48. The number of unbranched alkanes of at least 4 members (excludes halogenated alkanes) is 5. The summed E-state index contributed by atoms with van der Waals surface area (Å²) in [4.78, 5) is 36.5. The summed E-state index contributed by atoms with van der Waals surface area (Å²) in [5, 5.41) is 0. The van der Waals surface area contributed by atoms with E-state index in [-0.39, 0.29) is 22.6 Å². The van der Waals surface area contributed by atoms with Gasteiger partial charge in [-0.05, 0) is 46.2 Å². The molecular weight excluding hydrogens is 384 g/mol. The van der Waals surface area contributed by atoms with Crippen molar-refractivity contribution in [1.82, 2.24) is 0 Å². The Morgan fingerprint density at radius 1 is 0.900 bits per heavy atom. The Kier molecular flexibility index (Phi) is 10.3. The van der Waals surface area contributed by atoms with Crippen molar-refractivity contribution < 1.29 is 28.6 Å². The molecule has 0 amide bonds. The molecule has 0 aliphatic carbocycles. The van der Waals surface area contributed by atoms with E-state index >= 15 is 0 Å². The van der Waals surface area contributed by atoms with Crippen LogP contribution >= 0.6 is 0 Å². The Hall–Kier alpha value is -2.63. The van der Waals surface area contributed by atoms with Crippen LogP contribution in [0.2, 0.25) is 0 Å². The summed E-state index contributed by atoms with van der Waals surface area (Å²) in [6.45, 7) is 12.7. The number of hydrogen-bond donors (Lipinski definition) is 0. The van der Waals surface area contributed by atoms with Gasteiger partial charge in [0, 0.05) is 11.6 Å². The first kappa shape index (κ1) is 25.4. The second kappa shape index (κ2) is 12.2. The Bertz CT molecular complexity index is 757. The molecule has 0 aliphatic heterocycles. The first-order valence-corrected chi connectivity index (χ1v) is 10.5. The van der Waals surface area contributed by atoms with Gasteiger partial charge in [0.1, 0.15) is 11.5 Å². The standard InChI is InChI=1S/C24H34O6/c1-7-8-9-10-11-12-13-28-22(26)18-14-19(29-21(25)17(2)3)16-20(15-18)30-23(27)24(4,5)6/h14-16H,2,7-13H2,1,3-6H3. The maximum atomic E-state index is 12.5. The molecule has 0 aliphatic rings. The summed E-state index contributed by atoms with van der Waals surface area (Å²) >= 11 is 0. The smallest absolute Gasteiger partial charge is 0.338 e. The van der Waals surface area contributed by atoms with Crippen molar-refractivity contribution in [1.29, 1.82) is 0 Å². The Morgan fingerprint density at radius 2 is 1.47 bits per heavy atom. The number of carbonyl (C=O) groups is 3. The van der Waals surface area contributed by atoms with Crippen LogP contribution in [0.4, 0.5) is 0 Å². The molecule has 0 atom stereocenters. The minimum atomic E-state index is -0.733. The lowest BCUT2D eigenvalue weighted by molar-refractivity contribution is -0.143. The van der Waals surface area contributed by atoms with Gasteiger partial charge in [-0.25, -0.2) is 9.59 Å². The van der Waals surface area contributed by atoms with E-state index in [2.05, 4.69) is 13.5 Å². The van der Waals surface area contributed by atoms with E-state index in [9.17, 15) is 14.4 Å². The van der Waals surface area contributed by atoms with E-state index in [0.717, 1.165) is 19.3 Å². The van der Waals surface area contributed by atoms with Gasteiger partial charge >= 0.3 is 17.9 Å². The highest BCUT2D eigenvalue weighted by Crippen LogP contribution is 2.27. The Balaban J connectivity index is 2.87. The van der Waals surface area contributed by atoms with Crippen LogP contribution in [0.5, 0.6) is 11.5 Å². The van der Waals surface area contributed by atoms with Gasteiger partial charge in [0.15, 0.2) is 0 Å². The average molecular weight is 419 g/mol. The third kappa shape index (κ3) is 9.25. The molecule has 0 spiro atoms. The van der Waals surface area contributed by atoms with Crippen LogP contribution in [0, 0.1) is 5.41 Å². The molecule has 0 radical (unpaired) electrons. The second-order valence-corrected chi connectivity index (χ2v) is 8.41. The highest BCUT2D eigenvalue weighted by Gasteiger charge is 2.25. The highest BCUT2D eigenvalue weighted by molar-refractivity contribution is 5.92. The summed E-state index contributed by atoms with van der Waals surface area (Å²) < 4.78 is 15.9. The predicted molar refractivity (Wildman–Crippen MR) is 116 cm³/mol. The number of hydrogen-bond acceptors (Lipinski definition) is 6. The normalized spacial score (nSPS) is 11.0. The maximum Gasteiger partial charge on any atom is 0.338 e. The Labute approximate surface area is 179 Å². The molecule has 0 bridgehead atoms. The van der Waals surface area contributed by atoms with E-state index in [1.54, 1.807) is 20.8 Å². The molecule has 6 heteroatoms. The number of esters is 3. The zero-order valence-corrected chi connectivity index (χ0v) is 18.8. The van der Waals surface area contributed by atoms with Crippen molar-refractivity contribution in [2.45, 2.75) is 73.1 Å². The SMILES string of the molecule is C=C(C)C(=O)Oc1cc(OC(=O)C(C)(C)C)cc(C(=O)OCCCCCCCC)c1. The Morgan fingerprint density at radius 3 is 2.03 bits per heavy atom.